The lowest BCUT2D eigenvalue weighted by atomic mass is 9.98. The Morgan fingerprint density at radius 2 is 1.90 bits per heavy atom. The average Bonchev–Trinajstić information content (AvgIpc) is 2.46. The zero-order valence-electron chi connectivity index (χ0n) is 11.2. The number of pyridine rings is 1. The molecule has 100 valence electrons. The second-order valence-corrected chi connectivity index (χ2v) is 5.30. The van der Waals surface area contributed by atoms with Gasteiger partial charge in [-0.3, -0.25) is 4.98 Å². The molecule has 0 spiro atoms. The molecule has 0 unspecified atom stereocenters. The van der Waals surface area contributed by atoms with Crippen LogP contribution in [-0.4, -0.2) is 4.98 Å². The number of rotatable bonds is 2. The summed E-state index contributed by atoms with van der Waals surface area (Å²) in [7, 11) is 0. The molecule has 1 aromatic heterocycles. The summed E-state index contributed by atoms with van der Waals surface area (Å²) in [6.07, 6.45) is 0. The standard InChI is InChI=1S/C17H15ClN2/c1-11-2-3-13-8-12(5-7-17(13)20-11)16-9-15(18)6-4-14(16)10-19/h2-9H,10,19H2,1H3. The van der Waals surface area contributed by atoms with Crippen molar-refractivity contribution in [3.63, 3.8) is 0 Å². The van der Waals surface area contributed by atoms with Crippen molar-refractivity contribution < 1.29 is 0 Å². The molecule has 2 N–H and O–H groups in total. The van der Waals surface area contributed by atoms with E-state index in [-0.39, 0.29) is 0 Å². The number of aryl methyl sites for hydroxylation is 1. The van der Waals surface area contributed by atoms with E-state index in [4.69, 9.17) is 17.3 Å². The molecule has 0 aliphatic carbocycles. The second-order valence-electron chi connectivity index (χ2n) is 4.87. The van der Waals surface area contributed by atoms with Crippen molar-refractivity contribution in [1.82, 2.24) is 4.98 Å². The molecular weight excluding hydrogens is 268 g/mol. The maximum Gasteiger partial charge on any atom is 0.0705 e. The van der Waals surface area contributed by atoms with Crippen LogP contribution >= 0.6 is 11.6 Å². The minimum atomic E-state index is 0.497. The molecule has 0 fully saturated rings. The molecule has 20 heavy (non-hydrogen) atoms. The molecule has 0 saturated heterocycles. The van der Waals surface area contributed by atoms with Crippen molar-refractivity contribution in [2.75, 3.05) is 0 Å². The third-order valence-corrected chi connectivity index (χ3v) is 3.67. The van der Waals surface area contributed by atoms with Crippen LogP contribution < -0.4 is 5.73 Å². The van der Waals surface area contributed by atoms with Crippen molar-refractivity contribution in [3.05, 3.63) is 64.8 Å². The number of hydrogen-bond acceptors (Lipinski definition) is 2. The van der Waals surface area contributed by atoms with Crippen LogP contribution in [0.2, 0.25) is 5.02 Å². The maximum atomic E-state index is 6.11. The van der Waals surface area contributed by atoms with E-state index in [0.717, 1.165) is 38.3 Å². The van der Waals surface area contributed by atoms with Gasteiger partial charge in [0.1, 0.15) is 0 Å². The summed E-state index contributed by atoms with van der Waals surface area (Å²) in [5, 5.41) is 1.84. The van der Waals surface area contributed by atoms with E-state index in [1.807, 2.05) is 37.3 Å². The van der Waals surface area contributed by atoms with E-state index in [2.05, 4.69) is 23.2 Å². The van der Waals surface area contributed by atoms with Gasteiger partial charge in [0.15, 0.2) is 0 Å². The molecule has 0 amide bonds. The van der Waals surface area contributed by atoms with Gasteiger partial charge in [-0.15, -0.1) is 0 Å². The molecule has 3 aromatic rings. The van der Waals surface area contributed by atoms with Gasteiger partial charge >= 0.3 is 0 Å². The quantitative estimate of drug-likeness (QED) is 0.760. The number of aromatic nitrogens is 1. The van der Waals surface area contributed by atoms with Gasteiger partial charge < -0.3 is 5.73 Å². The zero-order chi connectivity index (χ0) is 14.1. The Morgan fingerprint density at radius 1 is 1.05 bits per heavy atom. The zero-order valence-corrected chi connectivity index (χ0v) is 12.0. The van der Waals surface area contributed by atoms with E-state index < -0.39 is 0 Å². The van der Waals surface area contributed by atoms with Crippen LogP contribution in [0.25, 0.3) is 22.0 Å². The predicted octanol–water partition coefficient (Wildman–Crippen LogP) is 4.32. The number of benzene rings is 2. The van der Waals surface area contributed by atoms with Crippen LogP contribution in [-0.2, 0) is 6.54 Å². The Balaban J connectivity index is 2.19. The Labute approximate surface area is 123 Å². The first-order valence-corrected chi connectivity index (χ1v) is 6.91. The van der Waals surface area contributed by atoms with Gasteiger partial charge in [0.25, 0.3) is 0 Å². The van der Waals surface area contributed by atoms with E-state index in [9.17, 15) is 0 Å². The molecule has 3 heteroatoms. The third kappa shape index (κ3) is 2.40. The molecule has 0 aliphatic heterocycles. The van der Waals surface area contributed by atoms with Crippen molar-refractivity contribution in [2.24, 2.45) is 5.73 Å². The summed E-state index contributed by atoms with van der Waals surface area (Å²) in [5.74, 6) is 0. The first kappa shape index (κ1) is 13.1. The molecule has 0 atom stereocenters. The Bertz CT molecular complexity index is 781. The highest BCUT2D eigenvalue weighted by Gasteiger charge is 2.06. The lowest BCUT2D eigenvalue weighted by Gasteiger charge is -2.10. The topological polar surface area (TPSA) is 38.9 Å². The third-order valence-electron chi connectivity index (χ3n) is 3.43. The molecule has 3 rings (SSSR count). The Hall–Kier alpha value is -1.90. The minimum absolute atomic E-state index is 0.497. The van der Waals surface area contributed by atoms with Gasteiger partial charge in [-0.1, -0.05) is 29.8 Å². The highest BCUT2D eigenvalue weighted by Crippen LogP contribution is 2.29. The smallest absolute Gasteiger partial charge is 0.0705 e. The van der Waals surface area contributed by atoms with Gasteiger partial charge in [0.05, 0.1) is 5.52 Å². The summed E-state index contributed by atoms with van der Waals surface area (Å²) in [4.78, 5) is 4.52. The van der Waals surface area contributed by atoms with Gasteiger partial charge in [0.2, 0.25) is 0 Å². The monoisotopic (exact) mass is 282 g/mol. The highest BCUT2D eigenvalue weighted by molar-refractivity contribution is 6.30. The number of nitrogens with two attached hydrogens (primary N) is 1. The van der Waals surface area contributed by atoms with Crippen LogP contribution in [0, 0.1) is 6.92 Å². The fourth-order valence-electron chi connectivity index (χ4n) is 2.39. The average molecular weight is 283 g/mol. The lowest BCUT2D eigenvalue weighted by molar-refractivity contribution is 1.07. The number of hydrogen-bond donors (Lipinski definition) is 1. The highest BCUT2D eigenvalue weighted by atomic mass is 35.5. The number of fused-ring (bicyclic) bond motifs is 1. The summed E-state index contributed by atoms with van der Waals surface area (Å²) in [5.41, 5.74) is 11.1. The van der Waals surface area contributed by atoms with Gasteiger partial charge in [-0.25, -0.2) is 0 Å². The van der Waals surface area contributed by atoms with Crippen molar-refractivity contribution in [2.45, 2.75) is 13.5 Å². The number of nitrogens with zero attached hydrogens (tertiary/aromatic N) is 1. The van der Waals surface area contributed by atoms with Gasteiger partial charge in [-0.2, -0.15) is 0 Å². The van der Waals surface area contributed by atoms with Crippen LogP contribution in [0.5, 0.6) is 0 Å². The van der Waals surface area contributed by atoms with Crippen LogP contribution in [0.15, 0.2) is 48.5 Å². The first-order valence-electron chi connectivity index (χ1n) is 6.53. The second kappa shape index (κ2) is 5.23. The lowest BCUT2D eigenvalue weighted by Crippen LogP contribution is -1.98. The normalized spacial score (nSPS) is 10.9. The maximum absolute atomic E-state index is 6.11. The molecule has 0 saturated carbocycles. The summed E-state index contributed by atoms with van der Waals surface area (Å²) < 4.78 is 0. The van der Waals surface area contributed by atoms with Crippen molar-refractivity contribution >= 4 is 22.5 Å². The summed E-state index contributed by atoms with van der Waals surface area (Å²) >= 11 is 6.11. The van der Waals surface area contributed by atoms with Gasteiger partial charge in [-0.05, 0) is 53.9 Å². The Morgan fingerprint density at radius 3 is 2.70 bits per heavy atom. The number of halogens is 1. The van der Waals surface area contributed by atoms with Crippen molar-refractivity contribution in [3.8, 4) is 11.1 Å². The molecule has 1 heterocycles. The molecule has 0 aliphatic rings. The molecule has 2 aromatic carbocycles. The predicted molar refractivity (Wildman–Crippen MR) is 84.8 cm³/mol. The molecule has 0 radical (unpaired) electrons. The van der Waals surface area contributed by atoms with E-state index >= 15 is 0 Å². The fourth-order valence-corrected chi connectivity index (χ4v) is 2.56. The van der Waals surface area contributed by atoms with E-state index in [1.54, 1.807) is 0 Å². The summed E-state index contributed by atoms with van der Waals surface area (Å²) in [6.45, 7) is 2.49. The van der Waals surface area contributed by atoms with Crippen LogP contribution in [0.3, 0.4) is 0 Å². The van der Waals surface area contributed by atoms with E-state index in [1.165, 1.54) is 0 Å². The molecule has 2 nitrogen and oxygen atoms in total. The minimum Gasteiger partial charge on any atom is -0.326 e. The van der Waals surface area contributed by atoms with Crippen molar-refractivity contribution in [1.29, 1.82) is 0 Å². The molecular formula is C17H15ClN2. The first-order chi connectivity index (χ1) is 9.67. The Kier molecular flexibility index (Phi) is 3.43. The van der Waals surface area contributed by atoms with Crippen LogP contribution in [0.4, 0.5) is 0 Å². The molecule has 0 bridgehead atoms. The van der Waals surface area contributed by atoms with Crippen LogP contribution in [0.1, 0.15) is 11.3 Å². The largest absolute Gasteiger partial charge is 0.326 e. The SMILES string of the molecule is Cc1ccc2cc(-c3cc(Cl)ccc3CN)ccc2n1. The fraction of sp³-hybridized carbons (Fsp3) is 0.118. The van der Waals surface area contributed by atoms with E-state index in [0.29, 0.717) is 6.54 Å². The van der Waals surface area contributed by atoms with Gasteiger partial charge in [0, 0.05) is 22.6 Å². The summed E-state index contributed by atoms with van der Waals surface area (Å²) in [6, 6.07) is 16.2.